The van der Waals surface area contributed by atoms with Gasteiger partial charge in [0, 0.05) is 25.7 Å². The van der Waals surface area contributed by atoms with E-state index in [9.17, 15) is 0 Å². The Kier molecular flexibility index (Phi) is 5.14. The lowest BCUT2D eigenvalue weighted by Crippen LogP contribution is -2.45. The molecular formula is C22H31N3O. The van der Waals surface area contributed by atoms with Crippen molar-refractivity contribution in [3.05, 3.63) is 54.1 Å². The van der Waals surface area contributed by atoms with Crippen molar-refractivity contribution in [1.29, 1.82) is 0 Å². The lowest BCUT2D eigenvalue weighted by Gasteiger charge is -2.40. The zero-order valence-corrected chi connectivity index (χ0v) is 16.0. The maximum absolute atomic E-state index is 6.01. The molecule has 1 saturated heterocycles. The molecule has 2 aliphatic rings. The van der Waals surface area contributed by atoms with E-state index in [1.165, 1.54) is 36.9 Å². The summed E-state index contributed by atoms with van der Waals surface area (Å²) in [6.45, 7) is 3.27. The first-order chi connectivity index (χ1) is 12.6. The summed E-state index contributed by atoms with van der Waals surface area (Å²) < 4.78 is 8.09. The second kappa shape index (κ2) is 7.53. The molecule has 4 nitrogen and oxygen atoms in total. The number of ether oxygens (including phenoxy) is 1. The SMILES string of the molecule is Cn1cncc1[C@@H]1C[C@H](NC2CCC(C)(c3ccccc3)CC2)CCO1. The van der Waals surface area contributed by atoms with Crippen LogP contribution in [0.3, 0.4) is 0 Å². The van der Waals surface area contributed by atoms with Crippen LogP contribution in [0, 0.1) is 0 Å². The molecule has 2 atom stereocenters. The van der Waals surface area contributed by atoms with Crippen LogP contribution in [0.15, 0.2) is 42.9 Å². The number of benzene rings is 1. The van der Waals surface area contributed by atoms with Crippen molar-refractivity contribution < 1.29 is 4.74 Å². The zero-order chi connectivity index (χ0) is 18.0. The zero-order valence-electron chi connectivity index (χ0n) is 16.0. The molecule has 1 aromatic carbocycles. The average Bonchev–Trinajstić information content (AvgIpc) is 3.11. The maximum Gasteiger partial charge on any atom is 0.100 e. The highest BCUT2D eigenvalue weighted by atomic mass is 16.5. The van der Waals surface area contributed by atoms with E-state index in [-0.39, 0.29) is 6.10 Å². The van der Waals surface area contributed by atoms with E-state index in [2.05, 4.69) is 52.1 Å². The van der Waals surface area contributed by atoms with Crippen molar-refractivity contribution in [3.63, 3.8) is 0 Å². The van der Waals surface area contributed by atoms with Gasteiger partial charge < -0.3 is 14.6 Å². The summed E-state index contributed by atoms with van der Waals surface area (Å²) in [7, 11) is 2.05. The molecule has 0 bridgehead atoms. The van der Waals surface area contributed by atoms with Crippen molar-refractivity contribution in [2.24, 2.45) is 7.05 Å². The summed E-state index contributed by atoms with van der Waals surface area (Å²) >= 11 is 0. The first kappa shape index (κ1) is 17.7. The Hall–Kier alpha value is -1.65. The van der Waals surface area contributed by atoms with E-state index in [4.69, 9.17) is 4.74 Å². The molecule has 4 rings (SSSR count). The minimum atomic E-state index is 0.173. The number of hydrogen-bond acceptors (Lipinski definition) is 3. The number of nitrogens with zero attached hydrogens (tertiary/aromatic N) is 2. The van der Waals surface area contributed by atoms with Gasteiger partial charge in [0.25, 0.3) is 0 Å². The molecule has 0 unspecified atom stereocenters. The number of nitrogens with one attached hydrogen (secondary N) is 1. The second-order valence-corrected chi connectivity index (χ2v) is 8.38. The predicted molar refractivity (Wildman–Crippen MR) is 104 cm³/mol. The fourth-order valence-corrected chi connectivity index (χ4v) is 4.72. The van der Waals surface area contributed by atoms with Gasteiger partial charge in [0.05, 0.1) is 18.2 Å². The van der Waals surface area contributed by atoms with E-state index in [1.807, 2.05) is 19.6 Å². The second-order valence-electron chi connectivity index (χ2n) is 8.38. The molecule has 1 N–H and O–H groups in total. The summed E-state index contributed by atoms with van der Waals surface area (Å²) in [6.07, 6.45) is 11.2. The summed E-state index contributed by atoms with van der Waals surface area (Å²) in [5.41, 5.74) is 3.03. The quantitative estimate of drug-likeness (QED) is 0.898. The topological polar surface area (TPSA) is 39.1 Å². The Labute approximate surface area is 157 Å². The van der Waals surface area contributed by atoms with Crippen molar-refractivity contribution in [3.8, 4) is 0 Å². The Bertz CT molecular complexity index is 703. The van der Waals surface area contributed by atoms with Crippen LogP contribution < -0.4 is 5.32 Å². The average molecular weight is 354 g/mol. The predicted octanol–water partition coefficient (Wildman–Crippen LogP) is 4.13. The molecule has 26 heavy (non-hydrogen) atoms. The summed E-state index contributed by atoms with van der Waals surface area (Å²) in [5, 5.41) is 3.95. The van der Waals surface area contributed by atoms with Crippen molar-refractivity contribution in [2.45, 2.75) is 69.1 Å². The molecular weight excluding hydrogens is 322 g/mol. The number of hydrogen-bond donors (Lipinski definition) is 1. The summed E-state index contributed by atoms with van der Waals surface area (Å²) in [6, 6.07) is 12.2. The van der Waals surface area contributed by atoms with Gasteiger partial charge in [-0.15, -0.1) is 0 Å². The van der Waals surface area contributed by atoms with E-state index in [0.717, 1.165) is 19.4 Å². The van der Waals surface area contributed by atoms with Crippen molar-refractivity contribution in [2.75, 3.05) is 6.61 Å². The number of rotatable bonds is 4. The van der Waals surface area contributed by atoms with E-state index in [1.54, 1.807) is 0 Å². The number of aromatic nitrogens is 2. The molecule has 0 radical (unpaired) electrons. The van der Waals surface area contributed by atoms with Crippen LogP contribution in [0.4, 0.5) is 0 Å². The first-order valence-electron chi connectivity index (χ1n) is 10.0. The molecule has 140 valence electrons. The third kappa shape index (κ3) is 3.72. The maximum atomic E-state index is 6.01. The highest BCUT2D eigenvalue weighted by molar-refractivity contribution is 5.25. The molecule has 2 aromatic rings. The Morgan fingerprint density at radius 3 is 2.58 bits per heavy atom. The van der Waals surface area contributed by atoms with Gasteiger partial charge in [-0.25, -0.2) is 4.98 Å². The first-order valence-corrected chi connectivity index (χ1v) is 10.0. The lowest BCUT2D eigenvalue weighted by molar-refractivity contribution is -0.00690. The smallest absolute Gasteiger partial charge is 0.100 e. The van der Waals surface area contributed by atoms with Crippen LogP contribution in [0.5, 0.6) is 0 Å². The molecule has 1 aliphatic carbocycles. The Morgan fingerprint density at radius 1 is 1.12 bits per heavy atom. The van der Waals surface area contributed by atoms with Crippen molar-refractivity contribution >= 4 is 0 Å². The Balaban J connectivity index is 1.32. The summed E-state index contributed by atoms with van der Waals surface area (Å²) in [5.74, 6) is 0. The fraction of sp³-hybridized carbons (Fsp3) is 0.591. The normalized spacial score (nSPS) is 32.5. The molecule has 1 aromatic heterocycles. The Morgan fingerprint density at radius 2 is 1.88 bits per heavy atom. The van der Waals surface area contributed by atoms with Gasteiger partial charge >= 0.3 is 0 Å². The van der Waals surface area contributed by atoms with Crippen LogP contribution in [0.1, 0.15) is 62.8 Å². The molecule has 1 saturated carbocycles. The van der Waals surface area contributed by atoms with Crippen LogP contribution >= 0.6 is 0 Å². The lowest BCUT2D eigenvalue weighted by atomic mass is 9.69. The number of imidazole rings is 1. The van der Waals surface area contributed by atoms with Gasteiger partial charge in [0.2, 0.25) is 0 Å². The van der Waals surface area contributed by atoms with Gasteiger partial charge in [0.15, 0.2) is 0 Å². The largest absolute Gasteiger partial charge is 0.372 e. The molecule has 0 spiro atoms. The highest BCUT2D eigenvalue weighted by Gasteiger charge is 2.34. The molecule has 4 heteroatoms. The minimum absolute atomic E-state index is 0.173. The van der Waals surface area contributed by atoms with Gasteiger partial charge in [-0.1, -0.05) is 37.3 Å². The van der Waals surface area contributed by atoms with E-state index < -0.39 is 0 Å². The van der Waals surface area contributed by atoms with Crippen molar-refractivity contribution in [1.82, 2.24) is 14.9 Å². The van der Waals surface area contributed by atoms with Gasteiger partial charge in [-0.05, 0) is 49.5 Å². The van der Waals surface area contributed by atoms with Gasteiger partial charge in [-0.3, -0.25) is 0 Å². The highest BCUT2D eigenvalue weighted by Crippen LogP contribution is 2.39. The van der Waals surface area contributed by atoms with Crippen LogP contribution in [-0.2, 0) is 17.2 Å². The monoisotopic (exact) mass is 353 g/mol. The van der Waals surface area contributed by atoms with E-state index >= 15 is 0 Å². The summed E-state index contributed by atoms with van der Waals surface area (Å²) in [4.78, 5) is 4.24. The van der Waals surface area contributed by atoms with E-state index in [0.29, 0.717) is 17.5 Å². The third-order valence-electron chi connectivity index (χ3n) is 6.50. The molecule has 0 amide bonds. The van der Waals surface area contributed by atoms with Gasteiger partial charge in [-0.2, -0.15) is 0 Å². The fourth-order valence-electron chi connectivity index (χ4n) is 4.72. The van der Waals surface area contributed by atoms with Crippen LogP contribution in [-0.4, -0.2) is 28.2 Å². The third-order valence-corrected chi connectivity index (χ3v) is 6.50. The standard InChI is InChI=1S/C22H31N3O/c1-22(17-6-4-3-5-7-17)11-8-18(9-12-22)24-19-10-13-26-21(14-19)20-15-23-16-25(20)2/h3-7,15-16,18-19,21,24H,8-14H2,1-2H3/t18?,19-,21+,22?/m1/s1. The minimum Gasteiger partial charge on any atom is -0.372 e. The van der Waals surface area contributed by atoms with Crippen LogP contribution in [0.25, 0.3) is 0 Å². The van der Waals surface area contributed by atoms with Gasteiger partial charge in [0.1, 0.15) is 6.10 Å². The van der Waals surface area contributed by atoms with Crippen LogP contribution in [0.2, 0.25) is 0 Å². The number of aryl methyl sites for hydroxylation is 1. The molecule has 2 fully saturated rings. The molecule has 1 aliphatic heterocycles. The molecule has 2 heterocycles.